The van der Waals surface area contributed by atoms with E-state index in [-0.39, 0.29) is 16.4 Å². The predicted octanol–water partition coefficient (Wildman–Crippen LogP) is 1.41. The highest BCUT2D eigenvalue weighted by molar-refractivity contribution is 7.89. The zero-order valence-electron chi connectivity index (χ0n) is 16.1. The fourth-order valence-electron chi connectivity index (χ4n) is 3.40. The van der Waals surface area contributed by atoms with Crippen LogP contribution >= 0.6 is 0 Å². The SMILES string of the molecule is O=C([C@@H](NS(=O)(=O)c1ccc2[nH]c(=O)ccc2c1)c1ccccc1)N1CCOCC1. The second-order valence-corrected chi connectivity index (χ2v) is 8.69. The Bertz CT molecular complexity index is 1220. The minimum Gasteiger partial charge on any atom is -0.378 e. The quantitative estimate of drug-likeness (QED) is 0.640. The summed E-state index contributed by atoms with van der Waals surface area (Å²) in [6.07, 6.45) is 0. The number of amides is 1. The Labute approximate surface area is 173 Å². The van der Waals surface area contributed by atoms with E-state index in [0.717, 1.165) is 0 Å². The molecule has 8 nitrogen and oxygen atoms in total. The number of aromatic amines is 1. The molecule has 4 rings (SSSR count). The number of nitrogens with zero attached hydrogens (tertiary/aromatic N) is 1. The highest BCUT2D eigenvalue weighted by Crippen LogP contribution is 2.22. The number of hydrogen-bond donors (Lipinski definition) is 2. The summed E-state index contributed by atoms with van der Waals surface area (Å²) >= 11 is 0. The number of aromatic nitrogens is 1. The number of carbonyl (C=O) groups excluding carboxylic acids is 1. The molecule has 1 saturated heterocycles. The maximum Gasteiger partial charge on any atom is 0.248 e. The van der Waals surface area contributed by atoms with Crippen molar-refractivity contribution in [1.29, 1.82) is 0 Å². The van der Waals surface area contributed by atoms with E-state index < -0.39 is 16.1 Å². The molecule has 0 saturated carbocycles. The Balaban J connectivity index is 1.68. The summed E-state index contributed by atoms with van der Waals surface area (Å²) in [5.41, 5.74) is 0.824. The van der Waals surface area contributed by atoms with Gasteiger partial charge in [0.15, 0.2) is 0 Å². The standard InChI is InChI=1S/C21H21N3O5S/c25-19-9-6-16-14-17(7-8-18(16)22-19)30(27,28)23-20(15-4-2-1-3-5-15)21(26)24-10-12-29-13-11-24/h1-9,14,20,23H,10-13H2,(H,22,25)/t20-/m0/s1. The second kappa shape index (κ2) is 8.39. The van der Waals surface area contributed by atoms with Gasteiger partial charge in [-0.05, 0) is 35.2 Å². The third-order valence-electron chi connectivity index (χ3n) is 4.98. The Morgan fingerprint density at radius 1 is 1.03 bits per heavy atom. The van der Waals surface area contributed by atoms with Crippen LogP contribution in [-0.2, 0) is 19.6 Å². The number of benzene rings is 2. The van der Waals surface area contributed by atoms with Crippen LogP contribution in [-0.4, -0.2) is 50.5 Å². The van der Waals surface area contributed by atoms with Gasteiger partial charge in [-0.3, -0.25) is 9.59 Å². The molecular weight excluding hydrogens is 406 g/mol. The van der Waals surface area contributed by atoms with Gasteiger partial charge in [-0.25, -0.2) is 8.42 Å². The van der Waals surface area contributed by atoms with E-state index in [1.165, 1.54) is 24.3 Å². The molecule has 1 atom stereocenters. The first-order valence-electron chi connectivity index (χ1n) is 9.51. The van der Waals surface area contributed by atoms with Crippen molar-refractivity contribution in [3.63, 3.8) is 0 Å². The molecule has 0 bridgehead atoms. The number of nitrogens with one attached hydrogen (secondary N) is 2. The van der Waals surface area contributed by atoms with E-state index in [4.69, 9.17) is 4.74 Å². The molecule has 156 valence electrons. The number of carbonyl (C=O) groups is 1. The van der Waals surface area contributed by atoms with Crippen LogP contribution in [0.2, 0.25) is 0 Å². The maximum atomic E-state index is 13.2. The number of sulfonamides is 1. The van der Waals surface area contributed by atoms with Crippen LogP contribution in [0.3, 0.4) is 0 Å². The Morgan fingerprint density at radius 3 is 2.50 bits per heavy atom. The number of rotatable bonds is 5. The Hall–Kier alpha value is -3.01. The van der Waals surface area contributed by atoms with Crippen molar-refractivity contribution in [3.8, 4) is 0 Å². The van der Waals surface area contributed by atoms with E-state index >= 15 is 0 Å². The van der Waals surface area contributed by atoms with Gasteiger partial charge >= 0.3 is 0 Å². The van der Waals surface area contributed by atoms with Crippen molar-refractivity contribution in [2.75, 3.05) is 26.3 Å². The van der Waals surface area contributed by atoms with E-state index in [0.29, 0.717) is 42.8 Å². The molecular formula is C21H21N3O5S. The second-order valence-electron chi connectivity index (χ2n) is 6.97. The average Bonchev–Trinajstić information content (AvgIpc) is 2.78. The van der Waals surface area contributed by atoms with Crippen LogP contribution in [0.25, 0.3) is 10.9 Å². The van der Waals surface area contributed by atoms with Crippen molar-refractivity contribution < 1.29 is 17.9 Å². The summed E-state index contributed by atoms with van der Waals surface area (Å²) in [7, 11) is -4.01. The van der Waals surface area contributed by atoms with Crippen LogP contribution in [0.15, 0.2) is 70.4 Å². The van der Waals surface area contributed by atoms with Crippen molar-refractivity contribution in [2.45, 2.75) is 10.9 Å². The number of fused-ring (bicyclic) bond motifs is 1. The van der Waals surface area contributed by atoms with Crippen LogP contribution in [0, 0.1) is 0 Å². The summed E-state index contributed by atoms with van der Waals surface area (Å²) < 4.78 is 34.1. The lowest BCUT2D eigenvalue weighted by molar-refractivity contribution is -0.137. The highest BCUT2D eigenvalue weighted by Gasteiger charge is 2.31. The van der Waals surface area contributed by atoms with Crippen molar-refractivity contribution in [3.05, 3.63) is 76.6 Å². The Morgan fingerprint density at radius 2 is 1.77 bits per heavy atom. The highest BCUT2D eigenvalue weighted by atomic mass is 32.2. The molecule has 9 heteroatoms. The molecule has 1 aliphatic heterocycles. The molecule has 2 aromatic carbocycles. The third-order valence-corrected chi connectivity index (χ3v) is 6.40. The fourth-order valence-corrected chi connectivity index (χ4v) is 4.61. The van der Waals surface area contributed by atoms with Crippen LogP contribution in [0.4, 0.5) is 0 Å². The van der Waals surface area contributed by atoms with E-state index in [1.807, 2.05) is 0 Å². The van der Waals surface area contributed by atoms with Crippen LogP contribution in [0.1, 0.15) is 11.6 Å². The van der Waals surface area contributed by atoms with Crippen molar-refractivity contribution in [1.82, 2.24) is 14.6 Å². The summed E-state index contributed by atoms with van der Waals surface area (Å²) in [6, 6.07) is 15.0. The minimum absolute atomic E-state index is 0.0118. The van der Waals surface area contributed by atoms with Gasteiger partial charge in [0.1, 0.15) is 6.04 Å². The number of H-pyrrole nitrogens is 1. The molecule has 3 aromatic rings. The zero-order chi connectivity index (χ0) is 21.1. The van der Waals surface area contributed by atoms with Gasteiger partial charge in [-0.2, -0.15) is 4.72 Å². The third kappa shape index (κ3) is 4.28. The molecule has 0 unspecified atom stereocenters. The van der Waals surface area contributed by atoms with E-state index in [2.05, 4.69) is 9.71 Å². The first kappa shape index (κ1) is 20.3. The van der Waals surface area contributed by atoms with Gasteiger partial charge in [0.05, 0.1) is 18.1 Å². The smallest absolute Gasteiger partial charge is 0.248 e. The molecule has 1 amide bonds. The molecule has 1 aliphatic rings. The average molecular weight is 427 g/mol. The molecule has 30 heavy (non-hydrogen) atoms. The van der Waals surface area contributed by atoms with Gasteiger partial charge in [-0.1, -0.05) is 30.3 Å². The monoisotopic (exact) mass is 427 g/mol. The van der Waals surface area contributed by atoms with Gasteiger partial charge < -0.3 is 14.6 Å². The Kier molecular flexibility index (Phi) is 5.67. The largest absolute Gasteiger partial charge is 0.378 e. The molecule has 2 heterocycles. The normalized spacial score (nSPS) is 15.8. The lowest BCUT2D eigenvalue weighted by Gasteiger charge is -2.30. The van der Waals surface area contributed by atoms with E-state index in [1.54, 1.807) is 41.3 Å². The number of hydrogen-bond acceptors (Lipinski definition) is 5. The summed E-state index contributed by atoms with van der Waals surface area (Å²) in [5.74, 6) is -0.321. The van der Waals surface area contributed by atoms with Gasteiger partial charge in [0.25, 0.3) is 0 Å². The lowest BCUT2D eigenvalue weighted by atomic mass is 10.1. The molecule has 0 spiro atoms. The molecule has 0 aliphatic carbocycles. The zero-order valence-corrected chi connectivity index (χ0v) is 16.9. The summed E-state index contributed by atoms with van der Waals surface area (Å²) in [5, 5.41) is 0.577. The molecule has 1 fully saturated rings. The van der Waals surface area contributed by atoms with Crippen LogP contribution in [0.5, 0.6) is 0 Å². The van der Waals surface area contributed by atoms with Gasteiger partial charge in [0.2, 0.25) is 21.5 Å². The molecule has 1 aromatic heterocycles. The molecule has 0 radical (unpaired) electrons. The van der Waals surface area contributed by atoms with Gasteiger partial charge in [-0.15, -0.1) is 0 Å². The first-order chi connectivity index (χ1) is 14.4. The number of ether oxygens (including phenoxy) is 1. The van der Waals surface area contributed by atoms with Gasteiger partial charge in [0, 0.05) is 24.7 Å². The van der Waals surface area contributed by atoms with E-state index in [9.17, 15) is 18.0 Å². The number of morpholine rings is 1. The first-order valence-corrected chi connectivity index (χ1v) is 11.0. The van der Waals surface area contributed by atoms with Crippen molar-refractivity contribution >= 4 is 26.8 Å². The van der Waals surface area contributed by atoms with Crippen LogP contribution < -0.4 is 10.3 Å². The maximum absolute atomic E-state index is 13.2. The topological polar surface area (TPSA) is 109 Å². The lowest BCUT2D eigenvalue weighted by Crippen LogP contribution is -2.47. The van der Waals surface area contributed by atoms with Crippen molar-refractivity contribution in [2.24, 2.45) is 0 Å². The fraction of sp³-hybridized carbons (Fsp3) is 0.238. The predicted molar refractivity (Wildman–Crippen MR) is 111 cm³/mol. The molecule has 2 N–H and O–H groups in total. The summed E-state index contributed by atoms with van der Waals surface area (Å²) in [6.45, 7) is 1.66. The minimum atomic E-state index is -4.01. The summed E-state index contributed by atoms with van der Waals surface area (Å²) in [4.78, 5) is 28.9. The number of pyridine rings is 1.